The maximum absolute atomic E-state index is 12.1. The van der Waals surface area contributed by atoms with Crippen molar-refractivity contribution >= 4 is 33.4 Å². The van der Waals surface area contributed by atoms with Gasteiger partial charge in [-0.15, -0.1) is 0 Å². The summed E-state index contributed by atoms with van der Waals surface area (Å²) in [6.07, 6.45) is 3.12. The van der Waals surface area contributed by atoms with Crippen molar-refractivity contribution in [1.29, 1.82) is 0 Å². The Hall–Kier alpha value is -0.650. The number of nitrogens with zero attached hydrogens (tertiary/aromatic N) is 1. The zero-order valence-corrected chi connectivity index (χ0v) is 13.2. The molecule has 1 saturated heterocycles. The van der Waals surface area contributed by atoms with Crippen molar-refractivity contribution < 1.29 is 9.53 Å². The molecular formula is C13H16BrClN2O2. The summed E-state index contributed by atoms with van der Waals surface area (Å²) >= 11 is 9.07. The second-order valence-electron chi connectivity index (χ2n) is 5.27. The lowest BCUT2D eigenvalue weighted by Crippen LogP contribution is -2.45. The van der Waals surface area contributed by atoms with Gasteiger partial charge in [0.25, 0.3) is 5.91 Å². The highest BCUT2D eigenvalue weighted by molar-refractivity contribution is 9.10. The van der Waals surface area contributed by atoms with Crippen molar-refractivity contribution in [3.8, 4) is 0 Å². The van der Waals surface area contributed by atoms with Crippen molar-refractivity contribution in [1.82, 2.24) is 10.3 Å². The number of hydrogen-bond donors (Lipinski definition) is 1. The largest absolute Gasteiger partial charge is 0.375 e. The van der Waals surface area contributed by atoms with Gasteiger partial charge in [-0.25, -0.2) is 4.98 Å². The molecule has 1 aliphatic heterocycles. The van der Waals surface area contributed by atoms with E-state index in [0.717, 1.165) is 12.8 Å². The predicted octanol–water partition coefficient (Wildman–Crippen LogP) is 3.18. The summed E-state index contributed by atoms with van der Waals surface area (Å²) in [6, 6.07) is 1.81. The summed E-state index contributed by atoms with van der Waals surface area (Å²) in [5.74, 6) is -0.132. The molecule has 1 amide bonds. The van der Waals surface area contributed by atoms with Gasteiger partial charge in [0.05, 0.1) is 15.6 Å². The molecule has 1 atom stereocenters. The molecule has 0 aliphatic carbocycles. The Morgan fingerprint density at radius 3 is 3.00 bits per heavy atom. The lowest BCUT2D eigenvalue weighted by Gasteiger charge is -2.35. The quantitative estimate of drug-likeness (QED) is 0.836. The lowest BCUT2D eigenvalue weighted by atomic mass is 9.94. The van der Waals surface area contributed by atoms with Crippen LogP contribution in [0.15, 0.2) is 16.7 Å². The maximum Gasteiger partial charge on any atom is 0.253 e. The molecule has 0 bridgehead atoms. The van der Waals surface area contributed by atoms with Crippen LogP contribution < -0.4 is 5.32 Å². The first-order chi connectivity index (χ1) is 8.87. The SMILES string of the molecule is CC1(C)CC(NC(=O)c2cnc(Cl)c(Br)c2)CCO1. The molecule has 2 heterocycles. The lowest BCUT2D eigenvalue weighted by molar-refractivity contribution is -0.0615. The van der Waals surface area contributed by atoms with Gasteiger partial charge in [0.2, 0.25) is 0 Å². The number of amides is 1. The van der Waals surface area contributed by atoms with Crippen molar-refractivity contribution in [2.24, 2.45) is 0 Å². The predicted molar refractivity (Wildman–Crippen MR) is 77.5 cm³/mol. The summed E-state index contributed by atoms with van der Waals surface area (Å²) in [4.78, 5) is 16.1. The Balaban J connectivity index is 2.02. The van der Waals surface area contributed by atoms with E-state index in [2.05, 4.69) is 26.2 Å². The maximum atomic E-state index is 12.1. The average Bonchev–Trinajstić information content (AvgIpc) is 2.31. The molecule has 1 unspecified atom stereocenters. The van der Waals surface area contributed by atoms with Gasteiger partial charge < -0.3 is 10.1 Å². The van der Waals surface area contributed by atoms with Crippen LogP contribution >= 0.6 is 27.5 Å². The molecule has 0 spiro atoms. The number of nitrogens with one attached hydrogen (secondary N) is 1. The third-order valence-corrected chi connectivity index (χ3v) is 4.22. The van der Waals surface area contributed by atoms with Crippen LogP contribution in [-0.2, 0) is 4.74 Å². The normalized spacial score (nSPS) is 22.0. The fourth-order valence-corrected chi connectivity index (χ4v) is 2.62. The van der Waals surface area contributed by atoms with E-state index in [1.165, 1.54) is 6.20 Å². The molecule has 1 fully saturated rings. The molecule has 0 saturated carbocycles. The van der Waals surface area contributed by atoms with Gasteiger partial charge in [-0.05, 0) is 48.7 Å². The molecule has 1 N–H and O–H groups in total. The van der Waals surface area contributed by atoms with Crippen LogP contribution in [0.3, 0.4) is 0 Å². The van der Waals surface area contributed by atoms with Crippen molar-refractivity contribution in [3.05, 3.63) is 27.5 Å². The van der Waals surface area contributed by atoms with E-state index in [1.807, 2.05) is 13.8 Å². The third-order valence-electron chi connectivity index (χ3n) is 3.09. The van der Waals surface area contributed by atoms with E-state index in [9.17, 15) is 4.79 Å². The van der Waals surface area contributed by atoms with Gasteiger partial charge in [0.15, 0.2) is 0 Å². The highest BCUT2D eigenvalue weighted by atomic mass is 79.9. The minimum Gasteiger partial charge on any atom is -0.375 e. The number of carbonyl (C=O) groups is 1. The standard InChI is InChI=1S/C13H16BrClN2O2/c1-13(2)6-9(3-4-19-13)17-12(18)8-5-10(14)11(15)16-7-8/h5,7,9H,3-4,6H2,1-2H3,(H,17,18). The zero-order chi connectivity index (χ0) is 14.0. The Morgan fingerprint density at radius 1 is 1.63 bits per heavy atom. The van der Waals surface area contributed by atoms with Gasteiger partial charge in [-0.1, -0.05) is 11.6 Å². The molecule has 4 nitrogen and oxygen atoms in total. The summed E-state index contributed by atoms with van der Waals surface area (Å²) in [5, 5.41) is 3.37. The van der Waals surface area contributed by atoms with Crippen LogP contribution in [0.2, 0.25) is 5.15 Å². The number of aromatic nitrogens is 1. The first-order valence-electron chi connectivity index (χ1n) is 6.13. The average molecular weight is 348 g/mol. The molecule has 1 aliphatic rings. The Bertz CT molecular complexity index is 494. The summed E-state index contributed by atoms with van der Waals surface area (Å²) in [6.45, 7) is 4.73. The van der Waals surface area contributed by atoms with Crippen molar-refractivity contribution in [3.63, 3.8) is 0 Å². The highest BCUT2D eigenvalue weighted by Gasteiger charge is 2.29. The van der Waals surface area contributed by atoms with Crippen LogP contribution in [0.1, 0.15) is 37.0 Å². The number of ether oxygens (including phenoxy) is 1. The summed E-state index contributed by atoms with van der Waals surface area (Å²) in [5.41, 5.74) is 0.315. The van der Waals surface area contributed by atoms with E-state index in [4.69, 9.17) is 16.3 Å². The van der Waals surface area contributed by atoms with Gasteiger partial charge in [-0.3, -0.25) is 4.79 Å². The monoisotopic (exact) mass is 346 g/mol. The van der Waals surface area contributed by atoms with Crippen molar-refractivity contribution in [2.45, 2.75) is 38.3 Å². The van der Waals surface area contributed by atoms with E-state index >= 15 is 0 Å². The highest BCUT2D eigenvalue weighted by Crippen LogP contribution is 2.25. The second kappa shape index (κ2) is 5.77. The molecule has 2 rings (SSSR count). The molecule has 1 aromatic heterocycles. The Kier molecular flexibility index (Phi) is 4.48. The fourth-order valence-electron chi connectivity index (χ4n) is 2.17. The van der Waals surface area contributed by atoms with E-state index in [1.54, 1.807) is 6.07 Å². The molecule has 6 heteroatoms. The fraction of sp³-hybridized carbons (Fsp3) is 0.538. The minimum absolute atomic E-state index is 0.130. The van der Waals surface area contributed by atoms with Crippen LogP contribution in [0.4, 0.5) is 0 Å². The number of halogens is 2. The number of hydrogen-bond acceptors (Lipinski definition) is 3. The number of carbonyl (C=O) groups excluding carboxylic acids is 1. The summed E-state index contributed by atoms with van der Waals surface area (Å²) < 4.78 is 6.25. The number of rotatable bonds is 2. The minimum atomic E-state index is -0.185. The zero-order valence-electron chi connectivity index (χ0n) is 10.9. The van der Waals surface area contributed by atoms with Gasteiger partial charge in [0, 0.05) is 18.8 Å². The summed E-state index contributed by atoms with van der Waals surface area (Å²) in [7, 11) is 0. The first-order valence-corrected chi connectivity index (χ1v) is 7.30. The molecule has 1 aromatic rings. The van der Waals surface area contributed by atoms with Gasteiger partial charge >= 0.3 is 0 Å². The van der Waals surface area contributed by atoms with E-state index in [0.29, 0.717) is 21.8 Å². The second-order valence-corrected chi connectivity index (χ2v) is 6.48. The molecule has 0 aromatic carbocycles. The van der Waals surface area contributed by atoms with E-state index < -0.39 is 0 Å². The molecular weight excluding hydrogens is 332 g/mol. The smallest absolute Gasteiger partial charge is 0.253 e. The molecule has 19 heavy (non-hydrogen) atoms. The Labute approximate surface area is 126 Å². The van der Waals surface area contributed by atoms with Crippen molar-refractivity contribution in [2.75, 3.05) is 6.61 Å². The topological polar surface area (TPSA) is 51.2 Å². The van der Waals surface area contributed by atoms with Crippen LogP contribution in [0.5, 0.6) is 0 Å². The van der Waals surface area contributed by atoms with Crippen LogP contribution in [-0.4, -0.2) is 29.1 Å². The third kappa shape index (κ3) is 3.91. The first kappa shape index (κ1) is 14.8. The molecule has 0 radical (unpaired) electrons. The van der Waals surface area contributed by atoms with Gasteiger partial charge in [0.1, 0.15) is 5.15 Å². The van der Waals surface area contributed by atoms with Gasteiger partial charge in [-0.2, -0.15) is 0 Å². The van der Waals surface area contributed by atoms with E-state index in [-0.39, 0.29) is 17.6 Å². The van der Waals surface area contributed by atoms with Crippen LogP contribution in [0.25, 0.3) is 0 Å². The van der Waals surface area contributed by atoms with Crippen LogP contribution in [0, 0.1) is 0 Å². The molecule has 104 valence electrons. The Morgan fingerprint density at radius 2 is 2.37 bits per heavy atom. The number of pyridine rings is 1.